The highest BCUT2D eigenvalue weighted by molar-refractivity contribution is 5.89. The number of aromatic nitrogens is 1. The molecule has 0 bridgehead atoms. The monoisotopic (exact) mass is 368 g/mol. The lowest BCUT2D eigenvalue weighted by Crippen LogP contribution is -2.39. The topological polar surface area (TPSA) is 66.5 Å². The summed E-state index contributed by atoms with van der Waals surface area (Å²) in [5, 5.41) is 5.86. The molecule has 6 heteroatoms. The first-order valence-corrected chi connectivity index (χ1v) is 9.59. The summed E-state index contributed by atoms with van der Waals surface area (Å²) in [6, 6.07) is 11.4. The van der Waals surface area contributed by atoms with E-state index in [4.69, 9.17) is 4.74 Å². The average Bonchev–Trinajstić information content (AvgIpc) is 2.68. The smallest absolute Gasteiger partial charge is 0.319 e. The van der Waals surface area contributed by atoms with Gasteiger partial charge in [-0.15, -0.1) is 0 Å². The Labute approximate surface area is 160 Å². The van der Waals surface area contributed by atoms with Crippen molar-refractivity contribution in [2.24, 2.45) is 5.92 Å². The number of amides is 2. The van der Waals surface area contributed by atoms with Crippen LogP contribution in [0.1, 0.15) is 25.5 Å². The summed E-state index contributed by atoms with van der Waals surface area (Å²) in [5.41, 5.74) is 3.04. The second-order valence-corrected chi connectivity index (χ2v) is 6.88. The van der Waals surface area contributed by atoms with E-state index in [1.165, 1.54) is 5.69 Å². The number of aryl methyl sites for hydroxylation is 1. The highest BCUT2D eigenvalue weighted by Crippen LogP contribution is 2.23. The van der Waals surface area contributed by atoms with E-state index in [9.17, 15) is 4.79 Å². The van der Waals surface area contributed by atoms with Crippen molar-refractivity contribution >= 4 is 17.4 Å². The minimum Gasteiger partial charge on any atom is -0.494 e. The molecule has 0 unspecified atom stereocenters. The number of piperidine rings is 1. The molecule has 1 aromatic heterocycles. The lowest BCUT2D eigenvalue weighted by molar-refractivity contribution is 0.248. The van der Waals surface area contributed by atoms with E-state index in [-0.39, 0.29) is 6.03 Å². The zero-order valence-electron chi connectivity index (χ0n) is 16.1. The maximum Gasteiger partial charge on any atom is 0.319 e. The van der Waals surface area contributed by atoms with Crippen LogP contribution in [0, 0.1) is 12.8 Å². The lowest BCUT2D eigenvalue weighted by atomic mass is 9.96. The Bertz CT molecular complexity index is 740. The minimum atomic E-state index is -0.161. The molecule has 0 radical (unpaired) electrons. The van der Waals surface area contributed by atoms with Crippen molar-refractivity contribution in [3.05, 3.63) is 48.3 Å². The van der Waals surface area contributed by atoms with Crippen LogP contribution in [0.2, 0.25) is 0 Å². The number of carbonyl (C=O) groups is 1. The summed E-state index contributed by atoms with van der Waals surface area (Å²) < 4.78 is 5.40. The molecule has 1 aliphatic rings. The molecule has 3 rings (SSSR count). The van der Waals surface area contributed by atoms with Gasteiger partial charge in [0.25, 0.3) is 0 Å². The maximum absolute atomic E-state index is 12.1. The molecule has 0 saturated carbocycles. The standard InChI is InChI=1S/C21H28N4O2/c1-3-27-20-6-4-18(5-7-20)24-21(26)23-15-17-9-12-25(13-10-17)19-8-11-22-16(2)14-19/h4-8,11,14,17H,3,9-10,12-13,15H2,1-2H3,(H2,23,24,26). The molecular formula is C21H28N4O2. The van der Waals surface area contributed by atoms with Gasteiger partial charge in [-0.1, -0.05) is 0 Å². The van der Waals surface area contributed by atoms with Gasteiger partial charge >= 0.3 is 6.03 Å². The van der Waals surface area contributed by atoms with Gasteiger partial charge in [0.1, 0.15) is 5.75 Å². The summed E-state index contributed by atoms with van der Waals surface area (Å²) in [5.74, 6) is 1.31. The van der Waals surface area contributed by atoms with Crippen molar-refractivity contribution < 1.29 is 9.53 Å². The molecule has 2 heterocycles. The molecule has 144 valence electrons. The molecule has 1 aromatic carbocycles. The van der Waals surface area contributed by atoms with Crippen LogP contribution in [-0.4, -0.2) is 37.3 Å². The fourth-order valence-corrected chi connectivity index (χ4v) is 3.34. The molecule has 0 atom stereocenters. The highest BCUT2D eigenvalue weighted by atomic mass is 16.5. The zero-order valence-corrected chi connectivity index (χ0v) is 16.1. The van der Waals surface area contributed by atoms with Crippen LogP contribution in [0.3, 0.4) is 0 Å². The molecule has 27 heavy (non-hydrogen) atoms. The van der Waals surface area contributed by atoms with Gasteiger partial charge in [0.05, 0.1) is 6.61 Å². The zero-order chi connectivity index (χ0) is 19.1. The molecule has 1 aliphatic heterocycles. The highest BCUT2D eigenvalue weighted by Gasteiger charge is 2.20. The fourth-order valence-electron chi connectivity index (χ4n) is 3.34. The van der Waals surface area contributed by atoms with Crippen LogP contribution in [0.5, 0.6) is 5.75 Å². The SMILES string of the molecule is CCOc1ccc(NC(=O)NCC2CCN(c3ccnc(C)c3)CC2)cc1. The predicted molar refractivity (Wildman–Crippen MR) is 109 cm³/mol. The second kappa shape index (κ2) is 9.26. The van der Waals surface area contributed by atoms with Crippen molar-refractivity contribution in [2.45, 2.75) is 26.7 Å². The number of ether oxygens (including phenoxy) is 1. The summed E-state index contributed by atoms with van der Waals surface area (Å²) in [6.45, 7) is 7.32. The van der Waals surface area contributed by atoms with Crippen molar-refractivity contribution in [3.63, 3.8) is 0 Å². The largest absolute Gasteiger partial charge is 0.494 e. The Morgan fingerprint density at radius 2 is 1.96 bits per heavy atom. The van der Waals surface area contributed by atoms with Gasteiger partial charge < -0.3 is 20.3 Å². The van der Waals surface area contributed by atoms with Gasteiger partial charge in [-0.25, -0.2) is 4.79 Å². The summed E-state index contributed by atoms with van der Waals surface area (Å²) in [6.07, 6.45) is 4.01. The second-order valence-electron chi connectivity index (χ2n) is 6.88. The number of rotatable bonds is 6. The normalized spacial score (nSPS) is 14.7. The molecule has 2 aromatic rings. The van der Waals surface area contributed by atoms with E-state index in [2.05, 4.69) is 32.7 Å². The first-order chi connectivity index (χ1) is 13.1. The lowest BCUT2D eigenvalue weighted by Gasteiger charge is -2.33. The Kier molecular flexibility index (Phi) is 6.52. The van der Waals surface area contributed by atoms with E-state index in [0.717, 1.165) is 43.1 Å². The number of carbonyl (C=O) groups excluding carboxylic acids is 1. The van der Waals surface area contributed by atoms with Gasteiger partial charge in [-0.2, -0.15) is 0 Å². The third kappa shape index (κ3) is 5.61. The van der Waals surface area contributed by atoms with E-state index < -0.39 is 0 Å². The van der Waals surface area contributed by atoms with Crippen molar-refractivity contribution in [2.75, 3.05) is 36.5 Å². The van der Waals surface area contributed by atoms with Gasteiger partial charge in [-0.3, -0.25) is 4.98 Å². The molecule has 6 nitrogen and oxygen atoms in total. The van der Waals surface area contributed by atoms with Gasteiger partial charge in [0.15, 0.2) is 0 Å². The van der Waals surface area contributed by atoms with E-state index in [0.29, 0.717) is 19.1 Å². The Balaban J connectivity index is 1.40. The van der Waals surface area contributed by atoms with Gasteiger partial charge in [-0.05, 0) is 69.0 Å². The number of nitrogens with zero attached hydrogens (tertiary/aromatic N) is 2. The van der Waals surface area contributed by atoms with E-state index in [1.54, 1.807) is 0 Å². The minimum absolute atomic E-state index is 0.161. The number of urea groups is 1. The summed E-state index contributed by atoms with van der Waals surface area (Å²) >= 11 is 0. The molecule has 0 aliphatic carbocycles. The molecule has 1 fully saturated rings. The quantitative estimate of drug-likeness (QED) is 0.813. The van der Waals surface area contributed by atoms with Crippen LogP contribution in [0.15, 0.2) is 42.6 Å². The van der Waals surface area contributed by atoms with Gasteiger partial charge in [0, 0.05) is 42.9 Å². The number of anilines is 2. The number of pyridine rings is 1. The first kappa shape index (κ1) is 19.0. The van der Waals surface area contributed by atoms with Crippen molar-refractivity contribution in [1.82, 2.24) is 10.3 Å². The molecule has 0 spiro atoms. The number of nitrogens with one attached hydrogen (secondary N) is 2. The number of benzene rings is 1. The molecular weight excluding hydrogens is 340 g/mol. The third-order valence-electron chi connectivity index (χ3n) is 4.83. The summed E-state index contributed by atoms with van der Waals surface area (Å²) in [4.78, 5) is 18.8. The number of hydrogen-bond acceptors (Lipinski definition) is 4. The van der Waals surface area contributed by atoms with Crippen LogP contribution in [0.25, 0.3) is 0 Å². The Morgan fingerprint density at radius 1 is 1.22 bits per heavy atom. The van der Waals surface area contributed by atoms with E-state index >= 15 is 0 Å². The number of hydrogen-bond donors (Lipinski definition) is 2. The van der Waals surface area contributed by atoms with Gasteiger partial charge in [0.2, 0.25) is 0 Å². The average molecular weight is 368 g/mol. The summed E-state index contributed by atoms with van der Waals surface area (Å²) in [7, 11) is 0. The molecule has 1 saturated heterocycles. The first-order valence-electron chi connectivity index (χ1n) is 9.59. The van der Waals surface area contributed by atoms with Crippen LogP contribution >= 0.6 is 0 Å². The van der Waals surface area contributed by atoms with Crippen molar-refractivity contribution in [3.8, 4) is 5.75 Å². The van der Waals surface area contributed by atoms with Crippen molar-refractivity contribution in [1.29, 1.82) is 0 Å². The van der Waals surface area contributed by atoms with Crippen LogP contribution < -0.4 is 20.3 Å². The fraction of sp³-hybridized carbons (Fsp3) is 0.429. The van der Waals surface area contributed by atoms with E-state index in [1.807, 2.05) is 44.3 Å². The third-order valence-corrected chi connectivity index (χ3v) is 4.83. The molecule has 2 amide bonds. The maximum atomic E-state index is 12.1. The Morgan fingerprint density at radius 3 is 2.63 bits per heavy atom. The van der Waals surface area contributed by atoms with Crippen LogP contribution in [0.4, 0.5) is 16.2 Å². The van der Waals surface area contributed by atoms with Crippen LogP contribution in [-0.2, 0) is 0 Å². The predicted octanol–water partition coefficient (Wildman–Crippen LogP) is 3.83. The Hall–Kier alpha value is -2.76. The molecule has 2 N–H and O–H groups in total.